The van der Waals surface area contributed by atoms with E-state index in [-0.39, 0.29) is 35.8 Å². The van der Waals surface area contributed by atoms with E-state index in [0.29, 0.717) is 36.7 Å². The van der Waals surface area contributed by atoms with Crippen LogP contribution in [0.2, 0.25) is 0 Å². The van der Waals surface area contributed by atoms with Crippen molar-refractivity contribution in [2.45, 2.75) is 45.4 Å². The van der Waals surface area contributed by atoms with Crippen molar-refractivity contribution in [2.75, 3.05) is 39.2 Å². The van der Waals surface area contributed by atoms with E-state index < -0.39 is 0 Å². The second kappa shape index (κ2) is 11.1. The monoisotopic (exact) mass is 481 g/mol. The molecule has 4 rings (SSSR count). The number of aromatic nitrogens is 2. The molecule has 0 radical (unpaired) electrons. The van der Waals surface area contributed by atoms with E-state index >= 15 is 0 Å². The molecule has 0 saturated heterocycles. The lowest BCUT2D eigenvalue weighted by Gasteiger charge is -2.36. The first-order chi connectivity index (χ1) is 16.9. The van der Waals surface area contributed by atoms with Gasteiger partial charge in [0.1, 0.15) is 18.7 Å². The van der Waals surface area contributed by atoms with Gasteiger partial charge in [0.15, 0.2) is 0 Å². The Balaban J connectivity index is 1.61. The predicted octanol–water partition coefficient (Wildman–Crippen LogP) is 2.83. The van der Waals surface area contributed by atoms with Crippen LogP contribution in [0.4, 0.5) is 5.69 Å². The Morgan fingerprint density at radius 2 is 1.94 bits per heavy atom. The highest BCUT2D eigenvalue weighted by atomic mass is 16.5. The topological polar surface area (TPSA) is 96.9 Å². The molecule has 1 aliphatic heterocycles. The maximum atomic E-state index is 13.4. The van der Waals surface area contributed by atoms with Gasteiger partial charge in [0, 0.05) is 69.4 Å². The molecule has 1 aliphatic carbocycles. The van der Waals surface area contributed by atoms with Gasteiger partial charge < -0.3 is 19.7 Å². The molecule has 188 valence electrons. The summed E-state index contributed by atoms with van der Waals surface area (Å²) in [4.78, 5) is 38.0. The number of anilines is 1. The molecular weight excluding hydrogens is 446 g/mol. The quantitative estimate of drug-likeness (QED) is 0.701. The van der Waals surface area contributed by atoms with Crippen LogP contribution < -0.4 is 10.1 Å². The van der Waals surface area contributed by atoms with Crippen LogP contribution in [0.1, 0.15) is 42.6 Å². The molecular formula is C26H35N5O4. The average Bonchev–Trinajstić information content (AvgIpc) is 3.71. The van der Waals surface area contributed by atoms with E-state index in [0.717, 1.165) is 24.9 Å². The van der Waals surface area contributed by atoms with Gasteiger partial charge in [0.05, 0.1) is 11.7 Å². The summed E-state index contributed by atoms with van der Waals surface area (Å²) in [6.07, 6.45) is 6.87. The summed E-state index contributed by atoms with van der Waals surface area (Å²) in [6.45, 7) is 6.53. The second-order valence-corrected chi connectivity index (χ2v) is 9.75. The number of carbonyl (C=O) groups is 2. The molecule has 0 unspecified atom stereocenters. The van der Waals surface area contributed by atoms with E-state index in [1.165, 1.54) is 6.33 Å². The Kier molecular flexibility index (Phi) is 7.97. The van der Waals surface area contributed by atoms with Crippen molar-refractivity contribution in [1.29, 1.82) is 0 Å². The maximum absolute atomic E-state index is 13.4. The molecule has 0 bridgehead atoms. The minimum atomic E-state index is -0.164. The normalized spacial score (nSPS) is 24.1. The Bertz CT molecular complexity index is 1030. The summed E-state index contributed by atoms with van der Waals surface area (Å²) in [5, 5.41) is 2.94. The molecule has 2 heterocycles. The van der Waals surface area contributed by atoms with E-state index in [1.54, 1.807) is 37.3 Å². The summed E-state index contributed by atoms with van der Waals surface area (Å²) >= 11 is 0. The summed E-state index contributed by atoms with van der Waals surface area (Å²) in [7, 11) is 3.46. The van der Waals surface area contributed by atoms with Gasteiger partial charge in [-0.2, -0.15) is 0 Å². The Hall–Kier alpha value is -3.04. The molecule has 35 heavy (non-hydrogen) atoms. The molecule has 1 aromatic heterocycles. The van der Waals surface area contributed by atoms with Crippen LogP contribution in [0.5, 0.6) is 5.75 Å². The zero-order valence-electron chi connectivity index (χ0n) is 20.9. The number of rotatable bonds is 5. The zero-order valence-corrected chi connectivity index (χ0v) is 20.9. The molecule has 2 aliphatic rings. The van der Waals surface area contributed by atoms with E-state index in [4.69, 9.17) is 9.47 Å². The second-order valence-electron chi connectivity index (χ2n) is 9.75. The minimum Gasteiger partial charge on any atom is -0.491 e. The Morgan fingerprint density at radius 1 is 1.20 bits per heavy atom. The fraction of sp³-hybridized carbons (Fsp3) is 0.538. The number of hydrogen-bond donors (Lipinski definition) is 1. The van der Waals surface area contributed by atoms with Crippen LogP contribution in [-0.4, -0.2) is 77.6 Å². The summed E-state index contributed by atoms with van der Waals surface area (Å²) in [5.74, 6) is 0.580. The molecule has 1 fully saturated rings. The van der Waals surface area contributed by atoms with Crippen molar-refractivity contribution in [3.05, 3.63) is 48.0 Å². The first-order valence-electron chi connectivity index (χ1n) is 12.2. The van der Waals surface area contributed by atoms with Crippen molar-refractivity contribution in [1.82, 2.24) is 19.8 Å². The average molecular weight is 482 g/mol. The number of carbonyl (C=O) groups excluding carboxylic acids is 2. The summed E-state index contributed by atoms with van der Waals surface area (Å²) in [5.41, 5.74) is 2.06. The number of amides is 2. The summed E-state index contributed by atoms with van der Waals surface area (Å²) < 4.78 is 12.0. The third kappa shape index (κ3) is 6.35. The number of benzene rings is 1. The zero-order chi connectivity index (χ0) is 24.9. The molecule has 2 aromatic rings. The number of nitrogens with one attached hydrogen (secondary N) is 1. The van der Waals surface area contributed by atoms with Crippen molar-refractivity contribution < 1.29 is 19.1 Å². The van der Waals surface area contributed by atoms with Gasteiger partial charge in [-0.05, 0) is 43.9 Å². The standard InChI is InChI=1S/C26H35N5O4/c1-17-12-31(13-19-10-27-16-28-11-19)18(2)15-35-23-8-7-21(29-25(32)20-5-6-20)9-22(23)26(33)30(3)14-24(17)34-4/h7-11,16-18,20,24H,5-6,12-15H2,1-4H3,(H,29,32)/t17-,18-,24+/m0/s1. The van der Waals surface area contributed by atoms with E-state index in [2.05, 4.69) is 34.0 Å². The highest BCUT2D eigenvalue weighted by molar-refractivity contribution is 6.00. The van der Waals surface area contributed by atoms with Gasteiger partial charge in [-0.25, -0.2) is 9.97 Å². The number of likely N-dealkylation sites (N-methyl/N-ethyl adjacent to an activating group) is 1. The van der Waals surface area contributed by atoms with Gasteiger partial charge in [-0.15, -0.1) is 0 Å². The molecule has 2 amide bonds. The molecule has 9 heteroatoms. The van der Waals surface area contributed by atoms with Gasteiger partial charge in [0.2, 0.25) is 5.91 Å². The van der Waals surface area contributed by atoms with Gasteiger partial charge in [-0.3, -0.25) is 14.5 Å². The maximum Gasteiger partial charge on any atom is 0.257 e. The highest BCUT2D eigenvalue weighted by Gasteiger charge is 2.31. The van der Waals surface area contributed by atoms with Gasteiger partial charge >= 0.3 is 0 Å². The lowest BCUT2D eigenvalue weighted by molar-refractivity contribution is -0.117. The number of fused-ring (bicyclic) bond motifs is 1. The third-order valence-electron chi connectivity index (χ3n) is 6.79. The number of hydrogen-bond acceptors (Lipinski definition) is 7. The minimum absolute atomic E-state index is 0.00209. The fourth-order valence-electron chi connectivity index (χ4n) is 4.39. The number of methoxy groups -OCH3 is 1. The molecule has 1 aromatic carbocycles. The SMILES string of the molecule is CO[C@@H]1CN(C)C(=O)c2cc(NC(=O)C3CC3)ccc2OC[C@H](C)N(Cc2cncnc2)C[C@@H]1C. The fourth-order valence-corrected chi connectivity index (χ4v) is 4.39. The molecule has 9 nitrogen and oxygen atoms in total. The first kappa shape index (κ1) is 25.1. The van der Waals surface area contributed by atoms with Gasteiger partial charge in [0.25, 0.3) is 5.91 Å². The summed E-state index contributed by atoms with van der Waals surface area (Å²) in [6, 6.07) is 5.34. The highest BCUT2D eigenvalue weighted by Crippen LogP contribution is 2.31. The number of nitrogens with zero attached hydrogens (tertiary/aromatic N) is 4. The van der Waals surface area contributed by atoms with Crippen molar-refractivity contribution in [2.24, 2.45) is 11.8 Å². The van der Waals surface area contributed by atoms with E-state index in [1.807, 2.05) is 12.4 Å². The van der Waals surface area contributed by atoms with Crippen LogP contribution in [0.3, 0.4) is 0 Å². The molecule has 3 atom stereocenters. The molecule has 1 N–H and O–H groups in total. The molecule has 1 saturated carbocycles. The van der Waals surface area contributed by atoms with Crippen molar-refractivity contribution >= 4 is 17.5 Å². The Morgan fingerprint density at radius 3 is 2.63 bits per heavy atom. The smallest absolute Gasteiger partial charge is 0.257 e. The van der Waals surface area contributed by atoms with Crippen LogP contribution in [0, 0.1) is 11.8 Å². The van der Waals surface area contributed by atoms with Crippen LogP contribution in [0.25, 0.3) is 0 Å². The van der Waals surface area contributed by atoms with Crippen LogP contribution in [0.15, 0.2) is 36.9 Å². The first-order valence-corrected chi connectivity index (χ1v) is 12.2. The number of ether oxygens (including phenoxy) is 2. The Labute approximate surface area is 206 Å². The van der Waals surface area contributed by atoms with Crippen molar-refractivity contribution in [3.63, 3.8) is 0 Å². The molecule has 0 spiro atoms. The van der Waals surface area contributed by atoms with Crippen LogP contribution in [-0.2, 0) is 16.1 Å². The lowest BCUT2D eigenvalue weighted by atomic mass is 10.0. The third-order valence-corrected chi connectivity index (χ3v) is 6.79. The van der Waals surface area contributed by atoms with Gasteiger partial charge in [-0.1, -0.05) is 6.92 Å². The predicted molar refractivity (Wildman–Crippen MR) is 132 cm³/mol. The largest absolute Gasteiger partial charge is 0.491 e. The van der Waals surface area contributed by atoms with Crippen molar-refractivity contribution in [3.8, 4) is 5.75 Å². The lowest BCUT2D eigenvalue weighted by Crippen LogP contribution is -2.46. The van der Waals surface area contributed by atoms with Crippen LogP contribution >= 0.6 is 0 Å². The van der Waals surface area contributed by atoms with E-state index in [9.17, 15) is 9.59 Å².